The van der Waals surface area contributed by atoms with Gasteiger partial charge in [-0.05, 0) is 38.5 Å². The molecule has 2 nitrogen and oxygen atoms in total. The highest BCUT2D eigenvalue weighted by molar-refractivity contribution is 14.1. The molecule has 0 aliphatic heterocycles. The predicted molar refractivity (Wildman–Crippen MR) is 55.0 cm³/mol. The number of alkyl halides is 2. The number of aldehydes is 1. The largest absolute Gasteiger partial charge is 0.296 e. The molecule has 0 amide bonds. The first-order chi connectivity index (χ1) is 6.07. The molecule has 0 bridgehead atoms. The summed E-state index contributed by atoms with van der Waals surface area (Å²) < 4.78 is 25.2. The van der Waals surface area contributed by atoms with Crippen molar-refractivity contribution in [3.05, 3.63) is 25.5 Å². The van der Waals surface area contributed by atoms with E-state index in [0.717, 1.165) is 6.20 Å². The van der Waals surface area contributed by atoms with Gasteiger partial charge in [-0.15, -0.1) is 0 Å². The maximum atomic E-state index is 12.3. The first-order valence-corrected chi connectivity index (χ1v) is 5.02. The summed E-state index contributed by atoms with van der Waals surface area (Å²) in [5, 5.41) is 0. The Balaban J connectivity index is 3.31. The number of nitrogens with zero attached hydrogens (tertiary/aromatic N) is 1. The van der Waals surface area contributed by atoms with E-state index < -0.39 is 6.43 Å². The smallest absolute Gasteiger partial charge is 0.266 e. The Morgan fingerprint density at radius 1 is 1.62 bits per heavy atom. The Morgan fingerprint density at radius 3 is 2.69 bits per heavy atom. The lowest BCUT2D eigenvalue weighted by atomic mass is 10.2. The SMILES string of the molecule is O=Cc1ncc(C(F)F)c(I)c1Br. The lowest BCUT2D eigenvalue weighted by Crippen LogP contribution is -1.97. The Hall–Kier alpha value is -0.110. The van der Waals surface area contributed by atoms with Crippen LogP contribution in [0.15, 0.2) is 10.7 Å². The number of hydrogen-bond donors (Lipinski definition) is 0. The van der Waals surface area contributed by atoms with Crippen LogP contribution in [0.3, 0.4) is 0 Å². The molecule has 0 aromatic carbocycles. The minimum Gasteiger partial charge on any atom is -0.296 e. The highest BCUT2D eigenvalue weighted by Gasteiger charge is 2.16. The second-order valence-electron chi connectivity index (χ2n) is 2.15. The van der Waals surface area contributed by atoms with Crippen LogP contribution in [0.25, 0.3) is 0 Å². The van der Waals surface area contributed by atoms with E-state index in [-0.39, 0.29) is 11.3 Å². The van der Waals surface area contributed by atoms with E-state index in [1.54, 1.807) is 22.6 Å². The van der Waals surface area contributed by atoms with Crippen molar-refractivity contribution in [3.63, 3.8) is 0 Å². The second-order valence-corrected chi connectivity index (χ2v) is 4.02. The Kier molecular flexibility index (Phi) is 3.72. The fourth-order valence-electron chi connectivity index (χ4n) is 0.726. The van der Waals surface area contributed by atoms with Crippen molar-refractivity contribution in [2.75, 3.05) is 0 Å². The third kappa shape index (κ3) is 2.22. The van der Waals surface area contributed by atoms with E-state index in [4.69, 9.17) is 0 Å². The summed E-state index contributed by atoms with van der Waals surface area (Å²) in [6.45, 7) is 0. The third-order valence-corrected chi connectivity index (χ3v) is 4.07. The maximum Gasteiger partial charge on any atom is 0.266 e. The van der Waals surface area contributed by atoms with Gasteiger partial charge in [-0.1, -0.05) is 0 Å². The Morgan fingerprint density at radius 2 is 2.23 bits per heavy atom. The molecule has 0 unspecified atom stereocenters. The monoisotopic (exact) mass is 361 g/mol. The number of rotatable bonds is 2. The summed E-state index contributed by atoms with van der Waals surface area (Å²) >= 11 is 4.77. The van der Waals surface area contributed by atoms with Crippen molar-refractivity contribution >= 4 is 44.8 Å². The van der Waals surface area contributed by atoms with Gasteiger partial charge in [-0.3, -0.25) is 9.78 Å². The first-order valence-electron chi connectivity index (χ1n) is 3.15. The van der Waals surface area contributed by atoms with Gasteiger partial charge >= 0.3 is 0 Å². The molecule has 1 rings (SSSR count). The molecule has 0 radical (unpaired) electrons. The number of carbonyl (C=O) groups is 1. The van der Waals surface area contributed by atoms with Crippen LogP contribution in [0.1, 0.15) is 22.5 Å². The average Bonchev–Trinajstić information content (AvgIpc) is 2.09. The fourth-order valence-corrected chi connectivity index (χ4v) is 1.80. The van der Waals surface area contributed by atoms with Crippen LogP contribution < -0.4 is 0 Å². The van der Waals surface area contributed by atoms with Crippen LogP contribution in [0.5, 0.6) is 0 Å². The van der Waals surface area contributed by atoms with E-state index in [1.807, 2.05) is 0 Å². The molecule has 0 spiro atoms. The second kappa shape index (κ2) is 4.41. The van der Waals surface area contributed by atoms with Crippen LogP contribution in [0, 0.1) is 3.57 Å². The molecule has 13 heavy (non-hydrogen) atoms. The van der Waals surface area contributed by atoms with Gasteiger partial charge in [0.1, 0.15) is 5.69 Å². The summed E-state index contributed by atoms with van der Waals surface area (Å²) in [4.78, 5) is 14.0. The summed E-state index contributed by atoms with van der Waals surface area (Å²) in [6, 6.07) is 0. The van der Waals surface area contributed by atoms with Crippen LogP contribution >= 0.6 is 38.5 Å². The molecular weight excluding hydrogens is 359 g/mol. The van der Waals surface area contributed by atoms with Crippen molar-refractivity contribution in [2.45, 2.75) is 6.43 Å². The number of aromatic nitrogens is 1. The molecule has 1 heterocycles. The van der Waals surface area contributed by atoms with Crippen LogP contribution in [0.4, 0.5) is 8.78 Å². The summed E-state index contributed by atoms with van der Waals surface area (Å²) in [5.41, 5.74) is -0.0353. The van der Waals surface area contributed by atoms with E-state index >= 15 is 0 Å². The van der Waals surface area contributed by atoms with Gasteiger partial charge in [0.05, 0.1) is 10.0 Å². The highest BCUT2D eigenvalue weighted by Crippen LogP contribution is 2.30. The minimum atomic E-state index is -2.57. The van der Waals surface area contributed by atoms with E-state index in [9.17, 15) is 13.6 Å². The molecule has 0 atom stereocenters. The molecule has 0 saturated carbocycles. The third-order valence-electron chi connectivity index (χ3n) is 1.36. The first kappa shape index (κ1) is 11.0. The number of pyridine rings is 1. The molecule has 0 aliphatic carbocycles. The zero-order chi connectivity index (χ0) is 10.0. The molecule has 0 saturated heterocycles. The quantitative estimate of drug-likeness (QED) is 0.598. The Bertz CT molecular complexity index is 346. The molecule has 0 fully saturated rings. The average molecular weight is 362 g/mol. The maximum absolute atomic E-state index is 12.3. The lowest BCUT2D eigenvalue weighted by molar-refractivity contribution is 0.111. The highest BCUT2D eigenvalue weighted by atomic mass is 127. The topological polar surface area (TPSA) is 30.0 Å². The van der Waals surface area contributed by atoms with E-state index in [0.29, 0.717) is 14.3 Å². The van der Waals surface area contributed by atoms with Gasteiger partial charge in [0.2, 0.25) is 0 Å². The summed E-state index contributed by atoms with van der Waals surface area (Å²) in [5.74, 6) is 0. The van der Waals surface area contributed by atoms with E-state index in [1.165, 1.54) is 0 Å². The van der Waals surface area contributed by atoms with Gasteiger partial charge in [-0.2, -0.15) is 0 Å². The van der Waals surface area contributed by atoms with Crippen molar-refractivity contribution in [1.82, 2.24) is 4.98 Å². The number of halogens is 4. The number of hydrogen-bond acceptors (Lipinski definition) is 2. The molecule has 0 N–H and O–H groups in total. The minimum absolute atomic E-state index is 0.133. The standard InChI is InChI=1S/C7H3BrF2INO/c8-5-4(2-13)12-1-3(6(5)11)7(9)10/h1-2,7H. The molecule has 6 heteroatoms. The van der Waals surface area contributed by atoms with Crippen LogP contribution in [0.2, 0.25) is 0 Å². The van der Waals surface area contributed by atoms with Gasteiger partial charge in [0.15, 0.2) is 6.29 Å². The van der Waals surface area contributed by atoms with Crippen molar-refractivity contribution in [3.8, 4) is 0 Å². The predicted octanol–water partition coefficient (Wildman–Crippen LogP) is 3.20. The molecule has 70 valence electrons. The van der Waals surface area contributed by atoms with Crippen LogP contribution in [-0.4, -0.2) is 11.3 Å². The normalized spacial score (nSPS) is 10.5. The molecule has 1 aromatic heterocycles. The molecule has 1 aromatic rings. The Labute approximate surface area is 95.0 Å². The molecular formula is C7H3BrF2INO. The number of carbonyl (C=O) groups excluding carboxylic acids is 1. The zero-order valence-corrected chi connectivity index (χ0v) is 9.84. The van der Waals surface area contributed by atoms with Crippen molar-refractivity contribution in [1.29, 1.82) is 0 Å². The van der Waals surface area contributed by atoms with Crippen molar-refractivity contribution < 1.29 is 13.6 Å². The van der Waals surface area contributed by atoms with Crippen LogP contribution in [-0.2, 0) is 0 Å². The summed E-state index contributed by atoms with van der Waals surface area (Å²) in [6.07, 6.45) is -1.04. The van der Waals surface area contributed by atoms with E-state index in [2.05, 4.69) is 20.9 Å². The van der Waals surface area contributed by atoms with Gasteiger partial charge in [0, 0.05) is 9.77 Å². The lowest BCUT2D eigenvalue weighted by Gasteiger charge is -2.05. The van der Waals surface area contributed by atoms with Gasteiger partial charge in [-0.25, -0.2) is 8.78 Å². The van der Waals surface area contributed by atoms with Gasteiger partial charge in [0.25, 0.3) is 6.43 Å². The summed E-state index contributed by atoms with van der Waals surface area (Å²) in [7, 11) is 0. The molecule has 0 aliphatic rings. The van der Waals surface area contributed by atoms with Gasteiger partial charge < -0.3 is 0 Å². The zero-order valence-electron chi connectivity index (χ0n) is 6.10. The fraction of sp³-hybridized carbons (Fsp3) is 0.143. The van der Waals surface area contributed by atoms with Crippen molar-refractivity contribution in [2.24, 2.45) is 0 Å².